The van der Waals surface area contributed by atoms with E-state index in [1.54, 1.807) is 57.7 Å². The van der Waals surface area contributed by atoms with E-state index in [0.29, 0.717) is 35.8 Å². The number of carbonyl (C=O) groups excluding carboxylic acids is 1. The van der Waals surface area contributed by atoms with E-state index in [4.69, 9.17) is 14.2 Å². The molecule has 0 saturated carbocycles. The molecule has 0 bridgehead atoms. The topological polar surface area (TPSA) is 48.0 Å². The van der Waals surface area contributed by atoms with Crippen LogP contribution in [0.2, 0.25) is 0 Å². The van der Waals surface area contributed by atoms with Crippen LogP contribution in [0.3, 0.4) is 0 Å². The van der Waals surface area contributed by atoms with E-state index >= 15 is 0 Å². The maximum atomic E-state index is 13.6. The van der Waals surface area contributed by atoms with Crippen molar-refractivity contribution in [3.63, 3.8) is 0 Å². The highest BCUT2D eigenvalue weighted by atomic mass is 19.1. The molecule has 0 aliphatic carbocycles. The Morgan fingerprint density at radius 1 is 0.935 bits per heavy atom. The van der Waals surface area contributed by atoms with Crippen molar-refractivity contribution in [2.75, 3.05) is 27.9 Å². The van der Waals surface area contributed by atoms with Crippen LogP contribution < -0.4 is 14.2 Å². The summed E-state index contributed by atoms with van der Waals surface area (Å²) in [6, 6.07) is 16.9. The van der Waals surface area contributed by atoms with Gasteiger partial charge < -0.3 is 19.1 Å². The lowest BCUT2D eigenvalue weighted by molar-refractivity contribution is 0.0694. The van der Waals surface area contributed by atoms with Crippen LogP contribution in [0.5, 0.6) is 17.2 Å². The molecular weight excluding hydrogens is 397 g/mol. The molecule has 0 N–H and O–H groups in total. The van der Waals surface area contributed by atoms with Gasteiger partial charge in [-0.3, -0.25) is 4.79 Å². The molecule has 1 aliphatic heterocycles. The van der Waals surface area contributed by atoms with Gasteiger partial charge in [0.2, 0.25) is 0 Å². The molecule has 3 aromatic carbocycles. The van der Waals surface area contributed by atoms with E-state index < -0.39 is 0 Å². The number of hydrogen-bond donors (Lipinski definition) is 0. The van der Waals surface area contributed by atoms with Crippen molar-refractivity contribution < 1.29 is 23.4 Å². The lowest BCUT2D eigenvalue weighted by Crippen LogP contribution is -2.40. The Labute approximate surface area is 181 Å². The zero-order chi connectivity index (χ0) is 22.0. The Kier molecular flexibility index (Phi) is 5.80. The van der Waals surface area contributed by atoms with Gasteiger partial charge in [0, 0.05) is 12.1 Å². The SMILES string of the molecule is COc1cccc(C(=O)N2CCc3cc(OC)c(OC)cc3[C@H]2c2ccc(F)cc2)c1. The molecule has 1 aliphatic rings. The van der Waals surface area contributed by atoms with Gasteiger partial charge in [-0.1, -0.05) is 18.2 Å². The molecule has 0 saturated heterocycles. The molecule has 5 nitrogen and oxygen atoms in total. The van der Waals surface area contributed by atoms with Crippen molar-refractivity contribution in [3.8, 4) is 17.2 Å². The molecule has 160 valence electrons. The molecule has 3 aromatic rings. The number of nitrogens with zero attached hydrogens (tertiary/aromatic N) is 1. The van der Waals surface area contributed by atoms with E-state index in [2.05, 4.69) is 0 Å². The minimum absolute atomic E-state index is 0.117. The molecule has 0 spiro atoms. The van der Waals surface area contributed by atoms with Crippen LogP contribution in [-0.2, 0) is 6.42 Å². The number of hydrogen-bond acceptors (Lipinski definition) is 4. The second-order valence-corrected chi connectivity index (χ2v) is 7.34. The van der Waals surface area contributed by atoms with Gasteiger partial charge in [-0.25, -0.2) is 4.39 Å². The van der Waals surface area contributed by atoms with Gasteiger partial charge >= 0.3 is 0 Å². The first-order valence-corrected chi connectivity index (χ1v) is 10.0. The monoisotopic (exact) mass is 421 g/mol. The fraction of sp³-hybridized carbons (Fsp3) is 0.240. The van der Waals surface area contributed by atoms with Gasteiger partial charge in [-0.05, 0) is 65.6 Å². The normalized spacial score (nSPS) is 15.2. The van der Waals surface area contributed by atoms with Crippen molar-refractivity contribution in [3.05, 3.63) is 88.7 Å². The number of halogens is 1. The van der Waals surface area contributed by atoms with Crippen molar-refractivity contribution >= 4 is 5.91 Å². The fourth-order valence-corrected chi connectivity index (χ4v) is 4.09. The quantitative estimate of drug-likeness (QED) is 0.602. The predicted molar refractivity (Wildman–Crippen MR) is 116 cm³/mol. The summed E-state index contributed by atoms with van der Waals surface area (Å²) in [5.41, 5.74) is 3.37. The average Bonchev–Trinajstić information content (AvgIpc) is 2.82. The number of fused-ring (bicyclic) bond motifs is 1. The second kappa shape index (κ2) is 8.68. The number of benzene rings is 3. The summed E-state index contributed by atoms with van der Waals surface area (Å²) in [5.74, 6) is 1.41. The smallest absolute Gasteiger partial charge is 0.254 e. The maximum Gasteiger partial charge on any atom is 0.254 e. The molecular formula is C25H24FNO4. The highest BCUT2D eigenvalue weighted by molar-refractivity contribution is 5.95. The largest absolute Gasteiger partial charge is 0.497 e. The summed E-state index contributed by atoms with van der Waals surface area (Å²) in [6.07, 6.45) is 0.670. The highest BCUT2D eigenvalue weighted by Crippen LogP contribution is 2.41. The van der Waals surface area contributed by atoms with Crippen LogP contribution in [0.25, 0.3) is 0 Å². The first kappa shape index (κ1) is 20.7. The Morgan fingerprint density at radius 2 is 1.65 bits per heavy atom. The highest BCUT2D eigenvalue weighted by Gasteiger charge is 2.34. The molecule has 0 unspecified atom stereocenters. The van der Waals surface area contributed by atoms with E-state index in [1.807, 2.05) is 17.0 Å². The molecule has 1 atom stereocenters. The van der Waals surface area contributed by atoms with Gasteiger partial charge in [-0.2, -0.15) is 0 Å². The van der Waals surface area contributed by atoms with Crippen molar-refractivity contribution in [1.82, 2.24) is 4.90 Å². The number of ether oxygens (including phenoxy) is 3. The fourth-order valence-electron chi connectivity index (χ4n) is 4.09. The average molecular weight is 421 g/mol. The van der Waals surface area contributed by atoms with Crippen molar-refractivity contribution in [2.24, 2.45) is 0 Å². The van der Waals surface area contributed by atoms with E-state index in [1.165, 1.54) is 12.1 Å². The van der Waals surface area contributed by atoms with Gasteiger partial charge in [-0.15, -0.1) is 0 Å². The van der Waals surface area contributed by atoms with Crippen LogP contribution in [0, 0.1) is 5.82 Å². The third-order valence-corrected chi connectivity index (χ3v) is 5.64. The van der Waals surface area contributed by atoms with E-state index in [0.717, 1.165) is 16.7 Å². The maximum absolute atomic E-state index is 13.6. The lowest BCUT2D eigenvalue weighted by atomic mass is 9.87. The van der Waals surface area contributed by atoms with Crippen LogP contribution in [0.1, 0.15) is 33.1 Å². The van der Waals surface area contributed by atoms with Gasteiger partial charge in [0.1, 0.15) is 11.6 Å². The van der Waals surface area contributed by atoms with Gasteiger partial charge in [0.25, 0.3) is 5.91 Å². The first-order valence-electron chi connectivity index (χ1n) is 10.0. The number of rotatable bonds is 5. The van der Waals surface area contributed by atoms with E-state index in [-0.39, 0.29) is 17.8 Å². The minimum Gasteiger partial charge on any atom is -0.497 e. The summed E-state index contributed by atoms with van der Waals surface area (Å²) in [7, 11) is 4.75. The van der Waals surface area contributed by atoms with E-state index in [9.17, 15) is 9.18 Å². The third kappa shape index (κ3) is 3.93. The summed E-state index contributed by atoms with van der Waals surface area (Å²) in [6.45, 7) is 0.514. The number of amides is 1. The Hall–Kier alpha value is -3.54. The molecule has 0 aromatic heterocycles. The summed E-state index contributed by atoms with van der Waals surface area (Å²) in [4.78, 5) is 15.4. The summed E-state index contributed by atoms with van der Waals surface area (Å²) < 4.78 is 29.9. The molecule has 1 heterocycles. The number of carbonyl (C=O) groups is 1. The molecule has 0 fully saturated rings. The summed E-state index contributed by atoms with van der Waals surface area (Å²) in [5, 5.41) is 0. The van der Waals surface area contributed by atoms with Gasteiger partial charge in [0.05, 0.1) is 27.4 Å². The van der Waals surface area contributed by atoms with Crippen molar-refractivity contribution in [2.45, 2.75) is 12.5 Å². The van der Waals surface area contributed by atoms with Crippen LogP contribution in [0.15, 0.2) is 60.7 Å². The first-order chi connectivity index (χ1) is 15.0. The molecule has 4 rings (SSSR count). The van der Waals surface area contributed by atoms with Crippen molar-refractivity contribution in [1.29, 1.82) is 0 Å². The molecule has 31 heavy (non-hydrogen) atoms. The summed E-state index contributed by atoms with van der Waals surface area (Å²) >= 11 is 0. The minimum atomic E-state index is -0.386. The van der Waals surface area contributed by atoms with Crippen LogP contribution in [0.4, 0.5) is 4.39 Å². The molecule has 1 amide bonds. The van der Waals surface area contributed by atoms with Crippen LogP contribution in [-0.4, -0.2) is 38.7 Å². The lowest BCUT2D eigenvalue weighted by Gasteiger charge is -2.38. The number of methoxy groups -OCH3 is 3. The third-order valence-electron chi connectivity index (χ3n) is 5.64. The zero-order valence-electron chi connectivity index (χ0n) is 17.7. The second-order valence-electron chi connectivity index (χ2n) is 7.34. The Balaban J connectivity index is 1.83. The van der Waals surface area contributed by atoms with Crippen LogP contribution >= 0.6 is 0 Å². The zero-order valence-corrected chi connectivity index (χ0v) is 17.7. The van der Waals surface area contributed by atoms with Gasteiger partial charge in [0.15, 0.2) is 11.5 Å². The Bertz CT molecular complexity index is 1100. The predicted octanol–water partition coefficient (Wildman–Crippen LogP) is 4.64. The standard InChI is InChI=1S/C25H24FNO4/c1-29-20-6-4-5-18(13-20)25(28)27-12-11-17-14-22(30-2)23(31-3)15-21(17)24(27)16-7-9-19(26)10-8-16/h4-10,13-15,24H,11-12H2,1-3H3/t24-/m1/s1. The molecule has 0 radical (unpaired) electrons. The Morgan fingerprint density at radius 3 is 2.32 bits per heavy atom. The molecule has 6 heteroatoms.